The van der Waals surface area contributed by atoms with Crippen molar-refractivity contribution in [2.45, 2.75) is 58.2 Å². The number of carbonyl (C=O) groups is 1. The van der Waals surface area contributed by atoms with Crippen molar-refractivity contribution < 1.29 is 14.6 Å². The molecule has 3 heteroatoms. The highest BCUT2D eigenvalue weighted by atomic mass is 16.6. The first-order chi connectivity index (χ1) is 8.37. The molecule has 3 nitrogen and oxygen atoms in total. The second kappa shape index (κ2) is 3.60. The van der Waals surface area contributed by atoms with Gasteiger partial charge in [0.05, 0.1) is 5.92 Å². The molecule has 0 radical (unpaired) electrons. The molecular weight excluding hydrogens is 228 g/mol. The van der Waals surface area contributed by atoms with E-state index in [1.165, 1.54) is 18.4 Å². The van der Waals surface area contributed by atoms with Crippen LogP contribution in [0.3, 0.4) is 0 Å². The molecule has 2 aliphatic carbocycles. The smallest absolute Gasteiger partial charge is 0.312 e. The molecular formula is C15H22O3. The molecule has 100 valence electrons. The van der Waals surface area contributed by atoms with Crippen molar-refractivity contribution in [2.24, 2.45) is 17.3 Å². The van der Waals surface area contributed by atoms with Crippen LogP contribution in [0.4, 0.5) is 0 Å². The molecule has 1 aliphatic heterocycles. The predicted molar refractivity (Wildman–Crippen MR) is 67.8 cm³/mol. The number of rotatable bonds is 0. The van der Waals surface area contributed by atoms with Crippen LogP contribution < -0.4 is 0 Å². The van der Waals surface area contributed by atoms with Crippen LogP contribution in [0.25, 0.3) is 0 Å². The lowest BCUT2D eigenvalue weighted by Gasteiger charge is -2.48. The summed E-state index contributed by atoms with van der Waals surface area (Å²) in [6.07, 6.45) is 5.95. The Balaban J connectivity index is 2.07. The fourth-order valence-electron chi connectivity index (χ4n) is 4.12. The van der Waals surface area contributed by atoms with Crippen LogP contribution in [0.5, 0.6) is 0 Å². The molecule has 0 bridgehead atoms. The molecule has 0 aromatic carbocycles. The molecule has 1 saturated carbocycles. The first kappa shape index (κ1) is 12.2. The summed E-state index contributed by atoms with van der Waals surface area (Å²) >= 11 is 0. The third kappa shape index (κ3) is 1.43. The van der Waals surface area contributed by atoms with E-state index in [0.717, 1.165) is 12.8 Å². The predicted octanol–water partition coefficient (Wildman–Crippen LogP) is 2.44. The van der Waals surface area contributed by atoms with Crippen LogP contribution in [0, 0.1) is 17.3 Å². The van der Waals surface area contributed by atoms with E-state index in [4.69, 9.17) is 4.74 Å². The van der Waals surface area contributed by atoms with Gasteiger partial charge in [-0.2, -0.15) is 0 Å². The number of aliphatic hydroxyl groups is 1. The summed E-state index contributed by atoms with van der Waals surface area (Å²) in [7, 11) is 0. The Kier molecular flexibility index (Phi) is 2.44. The minimum Gasteiger partial charge on any atom is -0.459 e. The van der Waals surface area contributed by atoms with Gasteiger partial charge in [-0.3, -0.25) is 4.79 Å². The fourth-order valence-corrected chi connectivity index (χ4v) is 4.12. The van der Waals surface area contributed by atoms with Gasteiger partial charge in [-0.1, -0.05) is 25.8 Å². The van der Waals surface area contributed by atoms with Crippen LogP contribution in [-0.2, 0) is 9.53 Å². The number of ether oxygens (including phenoxy) is 1. The van der Waals surface area contributed by atoms with E-state index in [2.05, 4.69) is 13.8 Å². The second-order valence-corrected chi connectivity index (χ2v) is 6.69. The summed E-state index contributed by atoms with van der Waals surface area (Å²) in [6.45, 7) is 6.26. The number of esters is 1. The molecule has 0 spiro atoms. The lowest BCUT2D eigenvalue weighted by atomic mass is 9.58. The van der Waals surface area contributed by atoms with E-state index < -0.39 is 11.5 Å². The molecule has 3 aliphatic rings. The topological polar surface area (TPSA) is 46.5 Å². The van der Waals surface area contributed by atoms with Crippen LogP contribution in [0.15, 0.2) is 11.6 Å². The Bertz CT molecular complexity index is 427. The van der Waals surface area contributed by atoms with Crippen molar-refractivity contribution in [1.29, 1.82) is 0 Å². The van der Waals surface area contributed by atoms with E-state index in [-0.39, 0.29) is 17.5 Å². The summed E-state index contributed by atoms with van der Waals surface area (Å²) < 4.78 is 5.40. The molecule has 1 heterocycles. The molecule has 0 amide bonds. The molecule has 0 aromatic heterocycles. The van der Waals surface area contributed by atoms with Gasteiger partial charge in [0.25, 0.3) is 0 Å². The highest BCUT2D eigenvalue weighted by Gasteiger charge is 2.58. The fraction of sp³-hybridized carbons (Fsp3) is 0.800. The van der Waals surface area contributed by atoms with E-state index in [9.17, 15) is 9.90 Å². The van der Waals surface area contributed by atoms with E-state index in [0.29, 0.717) is 5.92 Å². The molecule has 1 saturated heterocycles. The summed E-state index contributed by atoms with van der Waals surface area (Å²) in [5.74, 6) is -0.181. The van der Waals surface area contributed by atoms with Crippen molar-refractivity contribution in [2.75, 3.05) is 0 Å². The second-order valence-electron chi connectivity index (χ2n) is 6.69. The number of carbonyl (C=O) groups excluding carboxylic acids is 1. The Morgan fingerprint density at radius 1 is 1.44 bits per heavy atom. The van der Waals surface area contributed by atoms with Crippen molar-refractivity contribution in [3.63, 3.8) is 0 Å². The molecule has 5 atom stereocenters. The lowest BCUT2D eigenvalue weighted by Crippen LogP contribution is -2.50. The first-order valence-electron chi connectivity index (χ1n) is 7.03. The molecule has 0 aromatic rings. The van der Waals surface area contributed by atoms with E-state index in [1.54, 1.807) is 6.92 Å². The third-order valence-corrected chi connectivity index (χ3v) is 5.44. The van der Waals surface area contributed by atoms with Crippen molar-refractivity contribution >= 4 is 5.97 Å². The van der Waals surface area contributed by atoms with Crippen LogP contribution >= 0.6 is 0 Å². The van der Waals surface area contributed by atoms with Crippen LogP contribution in [0.2, 0.25) is 0 Å². The Labute approximate surface area is 108 Å². The minimum absolute atomic E-state index is 0.110. The lowest BCUT2D eigenvalue weighted by molar-refractivity contribution is -0.145. The standard InChI is InChI=1S/C15H22O3/c1-9-5-4-6-14(3)8-12-15(17,7-11(9)14)10(2)13(16)18-12/h7,9-10,12,17H,4-6,8H2,1-3H3/t9-,10+,12?,14+,15-/m0/s1. The maximum atomic E-state index is 11.7. The van der Waals surface area contributed by atoms with E-state index >= 15 is 0 Å². The summed E-state index contributed by atoms with van der Waals surface area (Å²) in [5.41, 5.74) is 0.383. The van der Waals surface area contributed by atoms with Gasteiger partial charge < -0.3 is 9.84 Å². The van der Waals surface area contributed by atoms with Crippen molar-refractivity contribution in [3.05, 3.63) is 11.6 Å². The number of allylic oxidation sites excluding steroid dienone is 1. The van der Waals surface area contributed by atoms with Gasteiger partial charge >= 0.3 is 5.97 Å². The highest BCUT2D eigenvalue weighted by molar-refractivity contribution is 5.77. The first-order valence-corrected chi connectivity index (χ1v) is 7.03. The van der Waals surface area contributed by atoms with Gasteiger partial charge in [-0.25, -0.2) is 0 Å². The van der Waals surface area contributed by atoms with Gasteiger partial charge in [-0.15, -0.1) is 0 Å². The Morgan fingerprint density at radius 3 is 2.89 bits per heavy atom. The number of hydrogen-bond donors (Lipinski definition) is 1. The normalized spacial score (nSPS) is 51.2. The van der Waals surface area contributed by atoms with Gasteiger partial charge in [0.15, 0.2) is 0 Å². The van der Waals surface area contributed by atoms with Gasteiger partial charge in [-0.05, 0) is 43.6 Å². The van der Waals surface area contributed by atoms with Gasteiger partial charge in [0.2, 0.25) is 0 Å². The zero-order valence-corrected chi connectivity index (χ0v) is 11.4. The quantitative estimate of drug-likeness (QED) is 0.530. The summed E-state index contributed by atoms with van der Waals surface area (Å²) in [6, 6.07) is 0. The third-order valence-electron chi connectivity index (χ3n) is 5.44. The van der Waals surface area contributed by atoms with Gasteiger partial charge in [0.1, 0.15) is 11.7 Å². The average molecular weight is 250 g/mol. The largest absolute Gasteiger partial charge is 0.459 e. The molecule has 2 fully saturated rings. The molecule has 1 unspecified atom stereocenters. The summed E-state index contributed by atoms with van der Waals surface area (Å²) in [5, 5.41) is 10.8. The zero-order valence-electron chi connectivity index (χ0n) is 11.4. The number of hydrogen-bond acceptors (Lipinski definition) is 3. The zero-order chi connectivity index (χ0) is 13.1. The van der Waals surface area contributed by atoms with Crippen molar-refractivity contribution in [3.8, 4) is 0 Å². The Hall–Kier alpha value is -0.830. The SMILES string of the molecule is C[C@@H]1C(=O)OC2C[C@@]3(C)CCC[C@H](C)C3=C[C@@]21O. The molecule has 1 N–H and O–H groups in total. The molecule has 18 heavy (non-hydrogen) atoms. The Morgan fingerprint density at radius 2 is 2.17 bits per heavy atom. The molecule has 3 rings (SSSR count). The minimum atomic E-state index is -1.07. The monoisotopic (exact) mass is 250 g/mol. The van der Waals surface area contributed by atoms with Crippen LogP contribution in [0.1, 0.15) is 46.5 Å². The summed E-state index contributed by atoms with van der Waals surface area (Å²) in [4.78, 5) is 11.7. The van der Waals surface area contributed by atoms with Crippen LogP contribution in [-0.4, -0.2) is 22.8 Å². The maximum Gasteiger partial charge on any atom is 0.312 e. The highest BCUT2D eigenvalue weighted by Crippen LogP contribution is 2.55. The van der Waals surface area contributed by atoms with Crippen molar-refractivity contribution in [1.82, 2.24) is 0 Å². The maximum absolute atomic E-state index is 11.7. The average Bonchev–Trinajstić information content (AvgIpc) is 2.50. The van der Waals surface area contributed by atoms with E-state index in [1.807, 2.05) is 6.08 Å². The number of fused-ring (bicyclic) bond motifs is 2. The van der Waals surface area contributed by atoms with Gasteiger partial charge in [0, 0.05) is 0 Å².